The number of rotatable bonds is 6. The van der Waals surface area contributed by atoms with Crippen molar-refractivity contribution in [3.63, 3.8) is 0 Å². The number of likely N-dealkylation sites (tertiary alicyclic amines) is 1. The first kappa shape index (κ1) is 25.7. The Balaban J connectivity index is 1.24. The molecule has 2 saturated heterocycles. The Morgan fingerprint density at radius 1 is 1.06 bits per heavy atom. The van der Waals surface area contributed by atoms with E-state index in [1.165, 1.54) is 0 Å². The Labute approximate surface area is 210 Å². The quantitative estimate of drug-likeness (QED) is 0.456. The molecule has 5 amide bonds. The van der Waals surface area contributed by atoms with Crippen molar-refractivity contribution in [2.24, 2.45) is 5.92 Å². The van der Waals surface area contributed by atoms with Crippen LogP contribution < -0.4 is 10.6 Å². The number of nitrogens with one attached hydrogen (secondary N) is 2. The Morgan fingerprint density at radius 3 is 2.42 bits per heavy atom. The maximum Gasteiger partial charge on any atom is 0.410 e. The molecule has 10 nitrogen and oxygen atoms in total. The van der Waals surface area contributed by atoms with E-state index in [4.69, 9.17) is 4.74 Å². The molecule has 0 radical (unpaired) electrons. The Kier molecular flexibility index (Phi) is 7.33. The summed E-state index contributed by atoms with van der Waals surface area (Å²) in [6, 6.07) is 4.06. The van der Waals surface area contributed by atoms with Crippen molar-refractivity contribution in [3.8, 4) is 0 Å². The zero-order valence-corrected chi connectivity index (χ0v) is 21.1. The minimum absolute atomic E-state index is 0.0939. The SMILES string of the molecule is CC(C)(C)OC(=O)N1CCC(CCCNc2ccc3c(c2)C(=O)N(C2CCC(=O)NC2=O)C3=O)CC1. The van der Waals surface area contributed by atoms with E-state index in [-0.39, 0.29) is 30.1 Å². The van der Waals surface area contributed by atoms with Gasteiger partial charge < -0.3 is 15.0 Å². The van der Waals surface area contributed by atoms with E-state index < -0.39 is 35.3 Å². The smallest absolute Gasteiger partial charge is 0.410 e. The molecule has 4 rings (SSSR count). The molecule has 2 fully saturated rings. The van der Waals surface area contributed by atoms with E-state index >= 15 is 0 Å². The maximum absolute atomic E-state index is 12.9. The second kappa shape index (κ2) is 10.3. The van der Waals surface area contributed by atoms with Gasteiger partial charge in [0.1, 0.15) is 11.6 Å². The van der Waals surface area contributed by atoms with Crippen LogP contribution in [0.2, 0.25) is 0 Å². The van der Waals surface area contributed by atoms with Crippen molar-refractivity contribution < 1.29 is 28.7 Å². The summed E-state index contributed by atoms with van der Waals surface area (Å²) in [5, 5.41) is 5.52. The first-order valence-corrected chi connectivity index (χ1v) is 12.6. The average molecular weight is 499 g/mol. The number of ether oxygens (including phenoxy) is 1. The van der Waals surface area contributed by atoms with Crippen molar-refractivity contribution in [1.29, 1.82) is 0 Å². The molecule has 1 atom stereocenters. The standard InChI is InChI=1S/C26H34N4O6/c1-26(2,3)36-25(35)29-13-10-16(11-14-29)5-4-12-27-17-6-7-18-19(15-17)24(34)30(23(18)33)20-8-9-21(31)28-22(20)32/h6-7,15-16,20,27H,4-5,8-14H2,1-3H3,(H,28,31,32). The molecule has 2 N–H and O–H groups in total. The monoisotopic (exact) mass is 498 g/mol. The molecule has 3 aliphatic heterocycles. The molecule has 0 aromatic heterocycles. The van der Waals surface area contributed by atoms with Gasteiger partial charge in [-0.15, -0.1) is 0 Å². The number of hydrogen-bond acceptors (Lipinski definition) is 7. The molecule has 0 bridgehead atoms. The predicted molar refractivity (Wildman–Crippen MR) is 131 cm³/mol. The fourth-order valence-corrected chi connectivity index (χ4v) is 4.94. The highest BCUT2D eigenvalue weighted by atomic mass is 16.6. The number of nitrogens with zero attached hydrogens (tertiary/aromatic N) is 2. The highest BCUT2D eigenvalue weighted by molar-refractivity contribution is 6.23. The van der Waals surface area contributed by atoms with E-state index in [1.54, 1.807) is 23.1 Å². The summed E-state index contributed by atoms with van der Waals surface area (Å²) in [5.74, 6) is -1.48. The average Bonchev–Trinajstić information content (AvgIpc) is 3.06. The van der Waals surface area contributed by atoms with Gasteiger partial charge >= 0.3 is 6.09 Å². The van der Waals surface area contributed by atoms with E-state index in [1.807, 2.05) is 20.8 Å². The summed E-state index contributed by atoms with van der Waals surface area (Å²) >= 11 is 0. The second-order valence-corrected chi connectivity index (χ2v) is 10.7. The third-order valence-corrected chi connectivity index (χ3v) is 6.82. The summed E-state index contributed by atoms with van der Waals surface area (Å²) in [5.41, 5.74) is 0.786. The second-order valence-electron chi connectivity index (χ2n) is 10.7. The fraction of sp³-hybridized carbons (Fsp3) is 0.577. The van der Waals surface area contributed by atoms with Crippen LogP contribution in [0.1, 0.15) is 80.0 Å². The van der Waals surface area contributed by atoms with Crippen LogP contribution in [-0.4, -0.2) is 70.8 Å². The van der Waals surface area contributed by atoms with Crippen LogP contribution in [-0.2, 0) is 14.3 Å². The number of imide groups is 2. The molecule has 10 heteroatoms. The van der Waals surface area contributed by atoms with Crippen LogP contribution in [0.15, 0.2) is 18.2 Å². The summed E-state index contributed by atoms with van der Waals surface area (Å²) in [6.07, 6.45) is 3.85. The van der Waals surface area contributed by atoms with Crippen molar-refractivity contribution in [1.82, 2.24) is 15.1 Å². The number of piperidine rings is 2. The van der Waals surface area contributed by atoms with Crippen molar-refractivity contribution in [2.45, 2.75) is 70.9 Å². The lowest BCUT2D eigenvalue weighted by Gasteiger charge is -2.33. The van der Waals surface area contributed by atoms with Crippen LogP contribution in [0, 0.1) is 5.92 Å². The molecule has 0 aliphatic carbocycles. The molecule has 194 valence electrons. The van der Waals surface area contributed by atoms with Gasteiger partial charge in [-0.3, -0.25) is 29.4 Å². The highest BCUT2D eigenvalue weighted by Crippen LogP contribution is 2.30. The Bertz CT molecular complexity index is 1070. The molecular weight excluding hydrogens is 464 g/mol. The first-order valence-electron chi connectivity index (χ1n) is 12.6. The van der Waals surface area contributed by atoms with Gasteiger partial charge in [0.2, 0.25) is 11.8 Å². The molecule has 0 saturated carbocycles. The summed E-state index contributed by atoms with van der Waals surface area (Å²) in [7, 11) is 0. The summed E-state index contributed by atoms with van der Waals surface area (Å²) in [4.78, 5) is 64.3. The maximum atomic E-state index is 12.9. The number of amides is 5. The summed E-state index contributed by atoms with van der Waals surface area (Å²) in [6.45, 7) is 7.73. The topological polar surface area (TPSA) is 125 Å². The molecular formula is C26H34N4O6. The third-order valence-electron chi connectivity index (χ3n) is 6.82. The number of carbonyl (C=O) groups excluding carboxylic acids is 5. The number of hydrogen-bond donors (Lipinski definition) is 2. The first-order chi connectivity index (χ1) is 17.0. The summed E-state index contributed by atoms with van der Waals surface area (Å²) < 4.78 is 5.45. The van der Waals surface area contributed by atoms with E-state index in [9.17, 15) is 24.0 Å². The molecule has 3 aliphatic rings. The lowest BCUT2D eigenvalue weighted by atomic mass is 9.92. The molecule has 1 aromatic rings. The number of fused-ring (bicyclic) bond motifs is 1. The molecule has 36 heavy (non-hydrogen) atoms. The predicted octanol–water partition coefficient (Wildman–Crippen LogP) is 2.93. The van der Waals surface area contributed by atoms with Gasteiger partial charge in [0.05, 0.1) is 11.1 Å². The van der Waals surface area contributed by atoms with Crippen LogP contribution >= 0.6 is 0 Å². The van der Waals surface area contributed by atoms with Crippen LogP contribution in [0.4, 0.5) is 10.5 Å². The van der Waals surface area contributed by atoms with Crippen LogP contribution in [0.3, 0.4) is 0 Å². The zero-order valence-electron chi connectivity index (χ0n) is 21.1. The van der Waals surface area contributed by atoms with Gasteiger partial charge in [0.25, 0.3) is 11.8 Å². The lowest BCUT2D eigenvalue weighted by molar-refractivity contribution is -0.136. The third kappa shape index (κ3) is 5.68. The van der Waals surface area contributed by atoms with Crippen LogP contribution in [0.25, 0.3) is 0 Å². The molecule has 1 aromatic carbocycles. The Hall–Kier alpha value is -3.43. The normalized spacial score (nSPS) is 20.9. The molecule has 1 unspecified atom stereocenters. The van der Waals surface area contributed by atoms with Gasteiger partial charge in [-0.1, -0.05) is 0 Å². The van der Waals surface area contributed by atoms with E-state index in [0.717, 1.165) is 36.3 Å². The lowest BCUT2D eigenvalue weighted by Crippen LogP contribution is -2.54. The van der Waals surface area contributed by atoms with Crippen molar-refractivity contribution in [2.75, 3.05) is 25.0 Å². The zero-order chi connectivity index (χ0) is 26.0. The highest BCUT2D eigenvalue weighted by Gasteiger charge is 2.44. The van der Waals surface area contributed by atoms with Crippen molar-refractivity contribution >= 4 is 35.4 Å². The number of anilines is 1. The largest absolute Gasteiger partial charge is 0.444 e. The molecule has 3 heterocycles. The minimum atomic E-state index is -0.965. The minimum Gasteiger partial charge on any atom is -0.444 e. The van der Waals surface area contributed by atoms with Gasteiger partial charge in [0, 0.05) is 31.7 Å². The van der Waals surface area contributed by atoms with E-state index in [0.29, 0.717) is 25.6 Å². The van der Waals surface area contributed by atoms with Gasteiger partial charge in [-0.2, -0.15) is 0 Å². The molecule has 0 spiro atoms. The number of benzene rings is 1. The van der Waals surface area contributed by atoms with Gasteiger partial charge in [-0.25, -0.2) is 4.79 Å². The van der Waals surface area contributed by atoms with Crippen LogP contribution in [0.5, 0.6) is 0 Å². The van der Waals surface area contributed by atoms with E-state index in [2.05, 4.69) is 10.6 Å². The van der Waals surface area contributed by atoms with Gasteiger partial charge in [0.15, 0.2) is 0 Å². The van der Waals surface area contributed by atoms with Gasteiger partial charge in [-0.05, 0) is 77.0 Å². The number of carbonyl (C=O) groups is 5. The Morgan fingerprint density at radius 2 is 1.75 bits per heavy atom. The van der Waals surface area contributed by atoms with Crippen molar-refractivity contribution in [3.05, 3.63) is 29.3 Å². The fourth-order valence-electron chi connectivity index (χ4n) is 4.94.